The number of nitrogens with zero attached hydrogens (tertiary/aromatic N) is 5. The first-order chi connectivity index (χ1) is 14.0. The number of hydrogen-bond donors (Lipinski definition) is 2. The lowest BCUT2D eigenvalue weighted by molar-refractivity contribution is 0.0590. The van der Waals surface area contributed by atoms with Crippen LogP contribution in [0.4, 0.5) is 4.39 Å². The zero-order chi connectivity index (χ0) is 20.7. The van der Waals surface area contributed by atoms with Crippen LogP contribution in [0.25, 0.3) is 28.1 Å². The van der Waals surface area contributed by atoms with Gasteiger partial charge in [-0.3, -0.25) is 5.10 Å². The maximum absolute atomic E-state index is 15.3. The van der Waals surface area contributed by atoms with E-state index in [9.17, 15) is 5.11 Å². The van der Waals surface area contributed by atoms with Crippen molar-refractivity contribution < 1.29 is 19.0 Å². The molecule has 9 nitrogen and oxygen atoms in total. The Bertz CT molecular complexity index is 1170. The van der Waals surface area contributed by atoms with Crippen molar-refractivity contribution in [3.63, 3.8) is 0 Å². The van der Waals surface area contributed by atoms with Crippen LogP contribution >= 0.6 is 0 Å². The van der Waals surface area contributed by atoms with E-state index >= 15 is 4.39 Å². The SMILES string of the molecule is COC[C@@H](O)c1nc(-c2c(-n3ccnc3)c3cc(OC)c(C)c(F)c3n2C)n[nH]1. The molecular weight excluding hydrogens is 379 g/mol. The third-order valence-corrected chi connectivity index (χ3v) is 4.92. The first-order valence-electron chi connectivity index (χ1n) is 8.91. The van der Waals surface area contributed by atoms with Gasteiger partial charge in [-0.15, -0.1) is 0 Å². The first kappa shape index (κ1) is 19.1. The molecule has 0 spiro atoms. The molecule has 29 heavy (non-hydrogen) atoms. The third kappa shape index (κ3) is 2.97. The molecule has 0 unspecified atom stereocenters. The molecule has 4 aromatic rings. The minimum atomic E-state index is -0.952. The maximum atomic E-state index is 15.3. The molecule has 0 radical (unpaired) electrons. The monoisotopic (exact) mass is 400 g/mol. The van der Waals surface area contributed by atoms with Gasteiger partial charge in [0.25, 0.3) is 0 Å². The van der Waals surface area contributed by atoms with Gasteiger partial charge < -0.3 is 23.7 Å². The van der Waals surface area contributed by atoms with E-state index in [-0.39, 0.29) is 18.2 Å². The molecule has 10 heteroatoms. The normalized spacial score (nSPS) is 12.6. The Morgan fingerprint density at radius 2 is 2.14 bits per heavy atom. The Kier molecular flexibility index (Phi) is 4.81. The molecule has 1 atom stereocenters. The highest BCUT2D eigenvalue weighted by Gasteiger charge is 2.26. The summed E-state index contributed by atoms with van der Waals surface area (Å²) in [7, 11) is 4.74. The summed E-state index contributed by atoms with van der Waals surface area (Å²) >= 11 is 0. The molecule has 0 bridgehead atoms. The second kappa shape index (κ2) is 7.30. The molecule has 1 aromatic carbocycles. The van der Waals surface area contributed by atoms with Crippen LogP contribution in [-0.2, 0) is 11.8 Å². The van der Waals surface area contributed by atoms with Crippen molar-refractivity contribution in [2.45, 2.75) is 13.0 Å². The maximum Gasteiger partial charge on any atom is 0.200 e. The van der Waals surface area contributed by atoms with E-state index in [0.717, 1.165) is 0 Å². The van der Waals surface area contributed by atoms with Gasteiger partial charge in [0, 0.05) is 37.5 Å². The molecule has 3 heterocycles. The predicted octanol–water partition coefficient (Wildman–Crippen LogP) is 2.29. The number of rotatable bonds is 6. The summed E-state index contributed by atoms with van der Waals surface area (Å²) in [5, 5.41) is 17.7. The average molecular weight is 400 g/mol. The minimum Gasteiger partial charge on any atom is -0.496 e. The number of benzene rings is 1. The summed E-state index contributed by atoms with van der Waals surface area (Å²) in [6, 6.07) is 1.79. The highest BCUT2D eigenvalue weighted by Crippen LogP contribution is 2.39. The summed E-state index contributed by atoms with van der Waals surface area (Å²) in [6.45, 7) is 1.74. The van der Waals surface area contributed by atoms with Gasteiger partial charge in [-0.2, -0.15) is 5.10 Å². The van der Waals surface area contributed by atoms with E-state index in [1.165, 1.54) is 14.2 Å². The van der Waals surface area contributed by atoms with Crippen molar-refractivity contribution in [1.29, 1.82) is 0 Å². The number of aryl methyl sites for hydroxylation is 1. The molecule has 0 aliphatic heterocycles. The van der Waals surface area contributed by atoms with Crippen molar-refractivity contribution in [2.24, 2.45) is 7.05 Å². The van der Waals surface area contributed by atoms with Gasteiger partial charge in [0.2, 0.25) is 0 Å². The number of hydrogen-bond acceptors (Lipinski definition) is 6. The molecule has 0 saturated heterocycles. The third-order valence-electron chi connectivity index (χ3n) is 4.92. The van der Waals surface area contributed by atoms with Crippen LogP contribution in [0.2, 0.25) is 0 Å². The fourth-order valence-corrected chi connectivity index (χ4v) is 3.51. The largest absolute Gasteiger partial charge is 0.496 e. The van der Waals surface area contributed by atoms with Crippen molar-refractivity contribution in [2.75, 3.05) is 20.8 Å². The van der Waals surface area contributed by atoms with Crippen LogP contribution in [0.5, 0.6) is 5.75 Å². The predicted molar refractivity (Wildman–Crippen MR) is 104 cm³/mol. The molecule has 4 rings (SSSR count). The number of aliphatic hydroxyl groups excluding tert-OH is 1. The smallest absolute Gasteiger partial charge is 0.200 e. The van der Waals surface area contributed by atoms with Crippen LogP contribution < -0.4 is 4.74 Å². The summed E-state index contributed by atoms with van der Waals surface area (Å²) < 4.78 is 29.1. The highest BCUT2D eigenvalue weighted by atomic mass is 19.1. The van der Waals surface area contributed by atoms with Crippen molar-refractivity contribution in [3.05, 3.63) is 42.0 Å². The van der Waals surface area contributed by atoms with Crippen molar-refractivity contribution >= 4 is 10.9 Å². The molecule has 0 saturated carbocycles. The topological polar surface area (TPSA) is 103 Å². The second-order valence-corrected chi connectivity index (χ2v) is 6.66. The molecule has 0 aliphatic rings. The fourth-order valence-electron chi connectivity index (χ4n) is 3.51. The second-order valence-electron chi connectivity index (χ2n) is 6.66. The summed E-state index contributed by atoms with van der Waals surface area (Å²) in [4.78, 5) is 8.53. The van der Waals surface area contributed by atoms with E-state index in [2.05, 4.69) is 20.2 Å². The Morgan fingerprint density at radius 1 is 1.34 bits per heavy atom. The van der Waals surface area contributed by atoms with E-state index < -0.39 is 6.10 Å². The molecule has 2 N–H and O–H groups in total. The lowest BCUT2D eigenvalue weighted by Gasteiger charge is -2.08. The van der Waals surface area contributed by atoms with Crippen LogP contribution in [0.3, 0.4) is 0 Å². The Morgan fingerprint density at radius 3 is 2.79 bits per heavy atom. The molecule has 0 fully saturated rings. The van der Waals surface area contributed by atoms with Gasteiger partial charge >= 0.3 is 0 Å². The Hall–Kier alpha value is -3.24. The molecule has 0 amide bonds. The van der Waals surface area contributed by atoms with Crippen LogP contribution in [0.1, 0.15) is 17.5 Å². The number of aromatic amines is 1. The summed E-state index contributed by atoms with van der Waals surface area (Å²) in [6.07, 6.45) is 4.06. The van der Waals surface area contributed by atoms with Crippen LogP contribution in [0.15, 0.2) is 24.8 Å². The van der Waals surface area contributed by atoms with Gasteiger partial charge in [-0.05, 0) is 13.0 Å². The zero-order valence-electron chi connectivity index (χ0n) is 16.5. The lowest BCUT2D eigenvalue weighted by atomic mass is 10.1. The first-order valence-corrected chi connectivity index (χ1v) is 8.91. The number of fused-ring (bicyclic) bond motifs is 1. The summed E-state index contributed by atoms with van der Waals surface area (Å²) in [5.74, 6) is 0.635. The number of aliphatic hydroxyl groups is 1. The van der Waals surface area contributed by atoms with Crippen LogP contribution in [-0.4, -0.2) is 55.2 Å². The number of ether oxygens (including phenoxy) is 2. The van der Waals surface area contributed by atoms with E-state index in [1.54, 1.807) is 47.9 Å². The van der Waals surface area contributed by atoms with E-state index in [4.69, 9.17) is 9.47 Å². The highest BCUT2D eigenvalue weighted by molar-refractivity contribution is 5.98. The van der Waals surface area contributed by atoms with Crippen LogP contribution in [0, 0.1) is 12.7 Å². The van der Waals surface area contributed by atoms with Gasteiger partial charge in [-0.25, -0.2) is 14.4 Å². The lowest BCUT2D eigenvalue weighted by Crippen LogP contribution is -2.07. The number of nitrogens with one attached hydrogen (secondary N) is 1. The Labute approximate surface area is 165 Å². The number of H-pyrrole nitrogens is 1. The molecule has 0 aliphatic carbocycles. The number of imidazole rings is 1. The molecular formula is C19H21FN6O3. The number of aromatic nitrogens is 6. The van der Waals surface area contributed by atoms with Crippen molar-refractivity contribution in [3.8, 4) is 23.0 Å². The molecule has 3 aromatic heterocycles. The minimum absolute atomic E-state index is 0.0726. The Balaban J connectivity index is 2.03. The van der Waals surface area contributed by atoms with Gasteiger partial charge in [0.15, 0.2) is 17.5 Å². The summed E-state index contributed by atoms with van der Waals surface area (Å²) in [5.41, 5.74) is 2.03. The number of methoxy groups -OCH3 is 2. The quantitative estimate of drug-likeness (QED) is 0.515. The molecule has 152 valence electrons. The van der Waals surface area contributed by atoms with Gasteiger partial charge in [0.1, 0.15) is 17.5 Å². The zero-order valence-corrected chi connectivity index (χ0v) is 16.5. The average Bonchev–Trinajstić information content (AvgIpc) is 3.43. The van der Waals surface area contributed by atoms with Gasteiger partial charge in [-0.1, -0.05) is 0 Å². The number of halogens is 1. The van der Waals surface area contributed by atoms with E-state index in [0.29, 0.717) is 39.4 Å². The standard InChI is InChI=1S/C19H21FN6O3/c1-10-13(29-4)7-11-15(14(10)20)25(2)17(16(11)26-6-5-21-9-26)19-22-18(23-24-19)12(27)8-28-3/h5-7,9,12,27H,8H2,1-4H3,(H,22,23,24)/t12-/m1/s1. The van der Waals surface area contributed by atoms with E-state index in [1.807, 2.05) is 0 Å². The van der Waals surface area contributed by atoms with Gasteiger partial charge in [0.05, 0.1) is 31.2 Å². The fraction of sp³-hybridized carbons (Fsp3) is 0.316. The van der Waals surface area contributed by atoms with Crippen molar-refractivity contribution in [1.82, 2.24) is 29.3 Å².